The summed E-state index contributed by atoms with van der Waals surface area (Å²) in [5, 5.41) is 14.0. The quantitative estimate of drug-likeness (QED) is 0.574. The zero-order valence-corrected chi connectivity index (χ0v) is 13.7. The lowest BCUT2D eigenvalue weighted by molar-refractivity contribution is -0.605. The minimum absolute atomic E-state index is 0.238. The summed E-state index contributed by atoms with van der Waals surface area (Å²) in [5.74, 6) is 0.809. The monoisotopic (exact) mass is 335 g/mol. The van der Waals surface area contributed by atoms with E-state index in [1.165, 1.54) is 18.5 Å². The van der Waals surface area contributed by atoms with Crippen LogP contribution in [0, 0.1) is 12.1 Å². The van der Waals surface area contributed by atoms with E-state index in [-0.39, 0.29) is 12.5 Å². The number of benzene rings is 1. The lowest BCUT2D eigenvalue weighted by atomic mass is 10.2. The molecule has 1 N–H and O–H groups in total. The van der Waals surface area contributed by atoms with Crippen molar-refractivity contribution in [2.24, 2.45) is 0 Å². The standard InChI is InChI=1S/C19H17N3O3/c1-14-6-2-3-9-17(14)25-19-15(7-4-10-20-19)12-21-18(23)16-8-5-11-22(24)13-16/h2-11,13H,12H2,1H3,(H,21,23). The van der Waals surface area contributed by atoms with Gasteiger partial charge in [0.1, 0.15) is 11.3 Å². The first-order chi connectivity index (χ1) is 12.1. The highest BCUT2D eigenvalue weighted by Gasteiger charge is 2.12. The first-order valence-electron chi connectivity index (χ1n) is 7.78. The van der Waals surface area contributed by atoms with Crippen molar-refractivity contribution in [2.45, 2.75) is 13.5 Å². The highest BCUT2D eigenvalue weighted by molar-refractivity contribution is 5.93. The number of carbonyl (C=O) groups excluding carboxylic acids is 1. The molecule has 0 aliphatic heterocycles. The van der Waals surface area contributed by atoms with Crippen LogP contribution in [0.25, 0.3) is 0 Å². The van der Waals surface area contributed by atoms with Crippen LogP contribution in [-0.2, 0) is 6.54 Å². The Bertz CT molecular complexity index is 896. The number of amides is 1. The summed E-state index contributed by atoms with van der Waals surface area (Å²) in [6.07, 6.45) is 4.19. The molecule has 0 spiro atoms. The van der Waals surface area contributed by atoms with Crippen LogP contribution in [0.3, 0.4) is 0 Å². The Morgan fingerprint density at radius 1 is 1.20 bits per heavy atom. The Morgan fingerprint density at radius 3 is 2.84 bits per heavy atom. The van der Waals surface area contributed by atoms with Crippen LogP contribution in [0.4, 0.5) is 0 Å². The lowest BCUT2D eigenvalue weighted by Crippen LogP contribution is -2.29. The number of aryl methyl sites for hydroxylation is 1. The third-order valence-electron chi connectivity index (χ3n) is 3.63. The number of pyridine rings is 2. The maximum absolute atomic E-state index is 12.2. The Morgan fingerprint density at radius 2 is 2.04 bits per heavy atom. The first kappa shape index (κ1) is 16.4. The van der Waals surface area contributed by atoms with Crippen molar-refractivity contribution in [3.05, 3.63) is 89.0 Å². The van der Waals surface area contributed by atoms with Gasteiger partial charge >= 0.3 is 0 Å². The maximum atomic E-state index is 12.2. The van der Waals surface area contributed by atoms with E-state index in [4.69, 9.17) is 4.74 Å². The van der Waals surface area contributed by atoms with Crippen LogP contribution < -0.4 is 14.8 Å². The minimum atomic E-state index is -0.337. The fraction of sp³-hybridized carbons (Fsp3) is 0.105. The summed E-state index contributed by atoms with van der Waals surface area (Å²) >= 11 is 0. The van der Waals surface area contributed by atoms with E-state index >= 15 is 0 Å². The van der Waals surface area contributed by atoms with Crippen LogP contribution >= 0.6 is 0 Å². The first-order valence-corrected chi connectivity index (χ1v) is 7.78. The fourth-order valence-electron chi connectivity index (χ4n) is 2.29. The summed E-state index contributed by atoms with van der Waals surface area (Å²) < 4.78 is 6.47. The van der Waals surface area contributed by atoms with Gasteiger partial charge < -0.3 is 15.3 Å². The van der Waals surface area contributed by atoms with Crippen LogP contribution in [-0.4, -0.2) is 10.9 Å². The molecule has 2 aromatic heterocycles. The number of rotatable bonds is 5. The van der Waals surface area contributed by atoms with E-state index in [0.717, 1.165) is 11.1 Å². The molecule has 0 bridgehead atoms. The number of nitrogens with one attached hydrogen (secondary N) is 1. The van der Waals surface area contributed by atoms with E-state index < -0.39 is 0 Å². The molecule has 0 saturated carbocycles. The molecule has 0 atom stereocenters. The highest BCUT2D eigenvalue weighted by atomic mass is 16.5. The molecule has 0 unspecified atom stereocenters. The number of ether oxygens (including phenoxy) is 1. The van der Waals surface area contributed by atoms with Crippen molar-refractivity contribution in [1.29, 1.82) is 0 Å². The highest BCUT2D eigenvalue weighted by Crippen LogP contribution is 2.25. The molecule has 1 amide bonds. The summed E-state index contributed by atoms with van der Waals surface area (Å²) in [6.45, 7) is 2.19. The van der Waals surface area contributed by atoms with Gasteiger partial charge in [-0.3, -0.25) is 4.79 Å². The van der Waals surface area contributed by atoms with Gasteiger partial charge in [0.05, 0.1) is 0 Å². The molecule has 0 aliphatic rings. The maximum Gasteiger partial charge on any atom is 0.257 e. The lowest BCUT2D eigenvalue weighted by Gasteiger charge is -2.12. The second-order valence-electron chi connectivity index (χ2n) is 5.47. The van der Waals surface area contributed by atoms with E-state index in [1.807, 2.05) is 37.3 Å². The van der Waals surface area contributed by atoms with Crippen molar-refractivity contribution < 1.29 is 14.3 Å². The number of aromatic nitrogens is 2. The predicted molar refractivity (Wildman–Crippen MR) is 92.1 cm³/mol. The zero-order chi connectivity index (χ0) is 17.6. The molecule has 0 radical (unpaired) electrons. The zero-order valence-electron chi connectivity index (χ0n) is 13.7. The molecule has 0 aliphatic carbocycles. The van der Waals surface area contributed by atoms with Crippen LogP contribution in [0.15, 0.2) is 67.1 Å². The number of para-hydroxylation sites is 1. The molecule has 1 aromatic carbocycles. The van der Waals surface area contributed by atoms with Crippen LogP contribution in [0.1, 0.15) is 21.5 Å². The van der Waals surface area contributed by atoms with E-state index in [2.05, 4.69) is 10.3 Å². The molecular formula is C19H17N3O3. The summed E-state index contributed by atoms with van der Waals surface area (Å²) in [4.78, 5) is 16.4. The van der Waals surface area contributed by atoms with Crippen molar-refractivity contribution in [3.8, 4) is 11.6 Å². The molecule has 0 fully saturated rings. The molecule has 25 heavy (non-hydrogen) atoms. The smallest absolute Gasteiger partial charge is 0.257 e. The second-order valence-corrected chi connectivity index (χ2v) is 5.47. The number of carbonyl (C=O) groups is 1. The van der Waals surface area contributed by atoms with Gasteiger partial charge in [0, 0.05) is 24.4 Å². The van der Waals surface area contributed by atoms with Gasteiger partial charge in [-0.1, -0.05) is 24.3 Å². The van der Waals surface area contributed by atoms with Gasteiger partial charge in [-0.15, -0.1) is 0 Å². The summed E-state index contributed by atoms with van der Waals surface area (Å²) in [6, 6.07) is 14.4. The summed E-state index contributed by atoms with van der Waals surface area (Å²) in [7, 11) is 0. The van der Waals surface area contributed by atoms with Crippen molar-refractivity contribution in [1.82, 2.24) is 10.3 Å². The molecule has 6 nitrogen and oxygen atoms in total. The molecule has 0 saturated heterocycles. The molecule has 126 valence electrons. The van der Waals surface area contributed by atoms with Gasteiger partial charge in [0.25, 0.3) is 5.91 Å². The molecule has 3 aromatic rings. The Labute approximate surface area is 145 Å². The van der Waals surface area contributed by atoms with Gasteiger partial charge in [0.2, 0.25) is 5.88 Å². The average molecular weight is 335 g/mol. The van der Waals surface area contributed by atoms with E-state index in [9.17, 15) is 10.0 Å². The summed E-state index contributed by atoms with van der Waals surface area (Å²) in [5.41, 5.74) is 2.03. The predicted octanol–water partition coefficient (Wildman–Crippen LogP) is 2.75. The number of hydrogen-bond acceptors (Lipinski definition) is 4. The number of nitrogens with zero attached hydrogens (tertiary/aromatic N) is 2. The van der Waals surface area contributed by atoms with Gasteiger partial charge in [-0.25, -0.2) is 4.98 Å². The van der Waals surface area contributed by atoms with Crippen molar-refractivity contribution >= 4 is 5.91 Å². The van der Waals surface area contributed by atoms with Crippen molar-refractivity contribution in [2.75, 3.05) is 0 Å². The minimum Gasteiger partial charge on any atom is -0.619 e. The normalized spacial score (nSPS) is 10.3. The molecular weight excluding hydrogens is 318 g/mol. The second kappa shape index (κ2) is 7.44. The Hall–Kier alpha value is -3.41. The molecule has 3 rings (SSSR count). The Balaban J connectivity index is 1.73. The topological polar surface area (TPSA) is 78.2 Å². The number of hydrogen-bond donors (Lipinski definition) is 1. The van der Waals surface area contributed by atoms with Crippen LogP contribution in [0.5, 0.6) is 11.6 Å². The van der Waals surface area contributed by atoms with E-state index in [0.29, 0.717) is 21.9 Å². The average Bonchev–Trinajstić information content (AvgIpc) is 2.62. The largest absolute Gasteiger partial charge is 0.619 e. The molecule has 6 heteroatoms. The third-order valence-corrected chi connectivity index (χ3v) is 3.63. The SMILES string of the molecule is Cc1ccccc1Oc1ncccc1CNC(=O)c1ccc[n+]([O-])c1. The van der Waals surface area contributed by atoms with Gasteiger partial charge in [-0.05, 0) is 30.7 Å². The van der Waals surface area contributed by atoms with Gasteiger partial charge in [-0.2, -0.15) is 4.73 Å². The van der Waals surface area contributed by atoms with Gasteiger partial charge in [0.15, 0.2) is 12.4 Å². The van der Waals surface area contributed by atoms with E-state index in [1.54, 1.807) is 18.3 Å². The fourth-order valence-corrected chi connectivity index (χ4v) is 2.29. The van der Waals surface area contributed by atoms with Crippen LogP contribution in [0.2, 0.25) is 0 Å². The Kier molecular flexibility index (Phi) is 4.89. The third kappa shape index (κ3) is 4.11. The van der Waals surface area contributed by atoms with Crippen molar-refractivity contribution in [3.63, 3.8) is 0 Å². The molecule has 2 heterocycles.